The number of carbonyl (C=O) groups is 3. The van der Waals surface area contributed by atoms with Crippen LogP contribution in [0.4, 0.5) is 5.69 Å². The molecule has 8 heteroatoms. The lowest BCUT2D eigenvalue weighted by molar-refractivity contribution is -0.124. The zero-order valence-electron chi connectivity index (χ0n) is 19.3. The molecule has 1 aromatic heterocycles. The van der Waals surface area contributed by atoms with Gasteiger partial charge < -0.3 is 19.1 Å². The summed E-state index contributed by atoms with van der Waals surface area (Å²) in [6.07, 6.45) is 5.18. The molecule has 0 saturated heterocycles. The minimum absolute atomic E-state index is 0.00773. The molecule has 0 N–H and O–H groups in total. The third-order valence-electron chi connectivity index (χ3n) is 6.01. The first-order chi connectivity index (χ1) is 16.0. The van der Waals surface area contributed by atoms with E-state index in [1.807, 2.05) is 0 Å². The Balaban J connectivity index is 1.94. The molecule has 0 aliphatic heterocycles. The average molecular weight is 474 g/mol. The molecule has 0 bridgehead atoms. The fourth-order valence-corrected chi connectivity index (χ4v) is 4.95. The maximum absolute atomic E-state index is 13.7. The number of methoxy groups -OCH3 is 2. The predicted octanol–water partition coefficient (Wildman–Crippen LogP) is 4.99. The Morgan fingerprint density at radius 2 is 1.76 bits per heavy atom. The van der Waals surface area contributed by atoms with E-state index in [0.717, 1.165) is 38.3 Å². The molecule has 2 aromatic rings. The van der Waals surface area contributed by atoms with E-state index >= 15 is 0 Å². The van der Waals surface area contributed by atoms with Gasteiger partial charge >= 0.3 is 0 Å². The number of nitrogens with zero attached hydrogens (tertiary/aromatic N) is 1. The lowest BCUT2D eigenvalue weighted by Gasteiger charge is -2.36. The van der Waals surface area contributed by atoms with Crippen molar-refractivity contribution in [3.63, 3.8) is 0 Å². The standard InChI is InChI=1S/C25H31NO6S/c1-17-4-6-18(7-5-17)25(29)26(20(15-30-2)16-31-3)23-10-8-21(12-19(23)13-27)32-24-11-9-22(14-28)33-24/h8-14,17-18,20H,4-7,15-16H2,1-3H3/t17-,18-. The number of benzene rings is 1. The van der Waals surface area contributed by atoms with E-state index in [9.17, 15) is 14.4 Å². The number of anilines is 1. The number of amides is 1. The van der Waals surface area contributed by atoms with E-state index in [2.05, 4.69) is 6.92 Å². The van der Waals surface area contributed by atoms with Crippen LogP contribution in [0.15, 0.2) is 30.3 Å². The van der Waals surface area contributed by atoms with Crippen LogP contribution < -0.4 is 9.64 Å². The summed E-state index contributed by atoms with van der Waals surface area (Å²) >= 11 is 1.22. The summed E-state index contributed by atoms with van der Waals surface area (Å²) in [5.41, 5.74) is 0.856. The van der Waals surface area contributed by atoms with Crippen LogP contribution in [0.1, 0.15) is 52.6 Å². The first-order valence-corrected chi connectivity index (χ1v) is 11.9. The van der Waals surface area contributed by atoms with Gasteiger partial charge in [0.25, 0.3) is 0 Å². The zero-order valence-corrected chi connectivity index (χ0v) is 20.1. The fraction of sp³-hybridized carbons (Fsp3) is 0.480. The fourth-order valence-electron chi connectivity index (χ4n) is 4.26. The summed E-state index contributed by atoms with van der Waals surface area (Å²) in [4.78, 5) is 38.9. The normalized spacial score (nSPS) is 18.2. The molecule has 1 aliphatic rings. The van der Waals surface area contributed by atoms with Crippen molar-refractivity contribution in [3.8, 4) is 10.8 Å². The van der Waals surface area contributed by atoms with Gasteiger partial charge in [0.15, 0.2) is 17.6 Å². The Labute approximate surface area is 198 Å². The van der Waals surface area contributed by atoms with Gasteiger partial charge in [0.05, 0.1) is 29.8 Å². The highest BCUT2D eigenvalue weighted by atomic mass is 32.1. The number of carbonyl (C=O) groups excluding carboxylic acids is 3. The van der Waals surface area contributed by atoms with Crippen LogP contribution in [0.2, 0.25) is 0 Å². The van der Waals surface area contributed by atoms with Gasteiger partial charge in [-0.25, -0.2) is 0 Å². The van der Waals surface area contributed by atoms with E-state index in [1.54, 1.807) is 49.5 Å². The summed E-state index contributed by atoms with van der Waals surface area (Å²) in [6.45, 7) is 2.78. The van der Waals surface area contributed by atoms with Crippen molar-refractivity contribution < 1.29 is 28.6 Å². The highest BCUT2D eigenvalue weighted by Crippen LogP contribution is 2.35. The van der Waals surface area contributed by atoms with Crippen LogP contribution in [0.25, 0.3) is 0 Å². The Kier molecular flexibility index (Phi) is 9.17. The lowest BCUT2D eigenvalue weighted by atomic mass is 9.82. The first kappa shape index (κ1) is 25.1. The molecule has 1 aromatic carbocycles. The quantitative estimate of drug-likeness (QED) is 0.428. The molecule has 1 aliphatic carbocycles. The van der Waals surface area contributed by atoms with Gasteiger partial charge in [0.1, 0.15) is 5.75 Å². The summed E-state index contributed by atoms with van der Waals surface area (Å²) in [6, 6.07) is 8.08. The third kappa shape index (κ3) is 6.28. The minimum atomic E-state index is -0.371. The minimum Gasteiger partial charge on any atom is -0.447 e. The Morgan fingerprint density at radius 3 is 2.33 bits per heavy atom. The van der Waals surface area contributed by atoms with Crippen molar-refractivity contribution in [2.24, 2.45) is 11.8 Å². The van der Waals surface area contributed by atoms with Crippen molar-refractivity contribution >= 4 is 35.5 Å². The first-order valence-electron chi connectivity index (χ1n) is 11.1. The van der Waals surface area contributed by atoms with Gasteiger partial charge in [-0.05, 0) is 61.9 Å². The summed E-state index contributed by atoms with van der Waals surface area (Å²) < 4.78 is 16.6. The molecule has 1 heterocycles. The number of ether oxygens (including phenoxy) is 3. The van der Waals surface area contributed by atoms with Crippen molar-refractivity contribution in [2.75, 3.05) is 32.3 Å². The Hall–Kier alpha value is -2.55. The van der Waals surface area contributed by atoms with Crippen molar-refractivity contribution in [1.82, 2.24) is 0 Å². The molecular formula is C25H31NO6S. The monoisotopic (exact) mass is 473 g/mol. The lowest BCUT2D eigenvalue weighted by Crippen LogP contribution is -2.49. The van der Waals surface area contributed by atoms with Gasteiger partial charge in [-0.2, -0.15) is 0 Å². The van der Waals surface area contributed by atoms with Crippen LogP contribution in [0.5, 0.6) is 10.8 Å². The Morgan fingerprint density at radius 1 is 1.06 bits per heavy atom. The van der Waals surface area contributed by atoms with Gasteiger partial charge in [-0.15, -0.1) is 0 Å². The molecule has 3 rings (SSSR count). The zero-order chi connectivity index (χ0) is 23.8. The molecule has 1 saturated carbocycles. The second-order valence-electron chi connectivity index (χ2n) is 8.44. The van der Waals surface area contributed by atoms with Crippen LogP contribution in [-0.4, -0.2) is 52.0 Å². The number of aldehydes is 2. The van der Waals surface area contributed by atoms with Crippen molar-refractivity contribution in [1.29, 1.82) is 0 Å². The van der Waals surface area contributed by atoms with Gasteiger partial charge in [-0.3, -0.25) is 14.4 Å². The van der Waals surface area contributed by atoms with Gasteiger partial charge in [-0.1, -0.05) is 18.3 Å². The smallest absolute Gasteiger partial charge is 0.230 e. The summed E-state index contributed by atoms with van der Waals surface area (Å²) in [5.74, 6) is 0.969. The molecule has 1 fully saturated rings. The van der Waals surface area contributed by atoms with E-state index in [0.29, 0.717) is 32.9 Å². The van der Waals surface area contributed by atoms with Crippen LogP contribution in [0, 0.1) is 11.8 Å². The highest BCUT2D eigenvalue weighted by Gasteiger charge is 2.34. The second kappa shape index (κ2) is 12.1. The molecule has 0 unspecified atom stereocenters. The van der Waals surface area contributed by atoms with E-state index < -0.39 is 0 Å². The molecule has 0 spiro atoms. The summed E-state index contributed by atoms with van der Waals surface area (Å²) in [7, 11) is 3.17. The number of hydrogen-bond acceptors (Lipinski definition) is 7. The van der Waals surface area contributed by atoms with Crippen LogP contribution in [0.3, 0.4) is 0 Å². The van der Waals surface area contributed by atoms with Crippen molar-refractivity contribution in [2.45, 2.75) is 38.6 Å². The average Bonchev–Trinajstić information content (AvgIpc) is 3.28. The summed E-state index contributed by atoms with van der Waals surface area (Å²) in [5, 5.41) is 0.544. The molecule has 7 nitrogen and oxygen atoms in total. The van der Waals surface area contributed by atoms with Gasteiger partial charge in [0, 0.05) is 25.7 Å². The SMILES string of the molecule is COCC(COC)N(c1ccc(Oc2ccc(C=O)s2)cc1C=O)C(=O)[C@H]1CC[C@H](C)CC1. The molecular weight excluding hydrogens is 442 g/mol. The molecule has 0 radical (unpaired) electrons. The van der Waals surface area contributed by atoms with Crippen LogP contribution in [-0.2, 0) is 14.3 Å². The number of hydrogen-bond donors (Lipinski definition) is 0. The van der Waals surface area contributed by atoms with E-state index in [1.165, 1.54) is 11.3 Å². The van der Waals surface area contributed by atoms with E-state index in [-0.39, 0.29) is 31.1 Å². The predicted molar refractivity (Wildman–Crippen MR) is 128 cm³/mol. The number of rotatable bonds is 11. The maximum Gasteiger partial charge on any atom is 0.230 e. The number of thiophene rings is 1. The molecule has 1 amide bonds. The molecule has 0 atom stereocenters. The van der Waals surface area contributed by atoms with Crippen molar-refractivity contribution in [3.05, 3.63) is 40.8 Å². The molecule has 33 heavy (non-hydrogen) atoms. The second-order valence-corrected chi connectivity index (χ2v) is 9.52. The van der Waals surface area contributed by atoms with Crippen LogP contribution >= 0.6 is 11.3 Å². The highest BCUT2D eigenvalue weighted by molar-refractivity contribution is 7.15. The third-order valence-corrected chi connectivity index (χ3v) is 6.90. The molecule has 178 valence electrons. The topological polar surface area (TPSA) is 82.1 Å². The van der Waals surface area contributed by atoms with E-state index in [4.69, 9.17) is 14.2 Å². The maximum atomic E-state index is 13.7. The Bertz CT molecular complexity index is 944. The largest absolute Gasteiger partial charge is 0.447 e. The van der Waals surface area contributed by atoms with Gasteiger partial charge in [0.2, 0.25) is 5.91 Å².